The van der Waals surface area contributed by atoms with Crippen LogP contribution in [0.4, 0.5) is 4.39 Å². The number of halogens is 2. The van der Waals surface area contributed by atoms with Crippen molar-refractivity contribution in [1.29, 1.82) is 0 Å². The van der Waals surface area contributed by atoms with Gasteiger partial charge < -0.3 is 4.90 Å². The molecule has 0 aliphatic heterocycles. The third kappa shape index (κ3) is 4.15. The summed E-state index contributed by atoms with van der Waals surface area (Å²) in [4.78, 5) is 2.20. The van der Waals surface area contributed by atoms with E-state index in [1.807, 2.05) is 12.1 Å². The summed E-state index contributed by atoms with van der Waals surface area (Å²) >= 11 is 3.30. The van der Waals surface area contributed by atoms with Crippen LogP contribution in [0, 0.1) is 5.82 Å². The largest absolute Gasteiger partial charge is 0.302 e. The summed E-state index contributed by atoms with van der Waals surface area (Å²) in [6, 6.07) is 15.6. The molecular weight excluding hydrogens is 305 g/mol. The minimum atomic E-state index is -0.200. The lowest BCUT2D eigenvalue weighted by molar-refractivity contribution is 0.330. The molecule has 2 rings (SSSR count). The van der Waals surface area contributed by atoms with E-state index in [1.54, 1.807) is 6.07 Å². The number of nitrogens with zero attached hydrogens (tertiary/aromatic N) is 1. The van der Waals surface area contributed by atoms with Crippen LogP contribution in [0.2, 0.25) is 0 Å². The van der Waals surface area contributed by atoms with Gasteiger partial charge in [-0.2, -0.15) is 0 Å². The molecule has 0 saturated heterocycles. The normalized spacial score (nSPS) is 10.9. The molecule has 0 unspecified atom stereocenters. The van der Waals surface area contributed by atoms with Crippen LogP contribution in [0.3, 0.4) is 0 Å². The molecule has 0 bridgehead atoms. The summed E-state index contributed by atoms with van der Waals surface area (Å²) in [6.07, 6.45) is 1.00. The third-order valence-corrected chi connectivity index (χ3v) is 3.98. The zero-order valence-corrected chi connectivity index (χ0v) is 12.5. The van der Waals surface area contributed by atoms with Crippen molar-refractivity contribution in [3.8, 4) is 0 Å². The topological polar surface area (TPSA) is 3.24 Å². The van der Waals surface area contributed by atoms with Gasteiger partial charge in [0.25, 0.3) is 0 Å². The maximum absolute atomic E-state index is 13.4. The highest BCUT2D eigenvalue weighted by Gasteiger charge is 2.07. The molecule has 0 aromatic heterocycles. The van der Waals surface area contributed by atoms with Gasteiger partial charge in [0.1, 0.15) is 5.82 Å². The van der Waals surface area contributed by atoms with Crippen molar-refractivity contribution in [3.63, 3.8) is 0 Å². The number of likely N-dealkylation sites (N-methyl/N-ethyl adjacent to an activating group) is 1. The standard InChI is InChI=1S/C16H17BrFN/c1-19(11-10-13-6-3-2-4-7-13)12-14-8-5-9-15(18)16(14)17/h2-9H,10-12H2,1H3. The Hall–Kier alpha value is -1.19. The molecule has 0 atom stereocenters. The van der Waals surface area contributed by atoms with E-state index in [2.05, 4.69) is 52.1 Å². The smallest absolute Gasteiger partial charge is 0.137 e. The lowest BCUT2D eigenvalue weighted by Crippen LogP contribution is -2.21. The number of hydrogen-bond acceptors (Lipinski definition) is 1. The summed E-state index contributed by atoms with van der Waals surface area (Å²) in [5.74, 6) is -0.200. The Morgan fingerprint density at radius 1 is 1.05 bits per heavy atom. The van der Waals surface area contributed by atoms with Crippen LogP contribution >= 0.6 is 15.9 Å². The molecule has 0 saturated carbocycles. The van der Waals surface area contributed by atoms with Crippen LogP contribution in [0.1, 0.15) is 11.1 Å². The van der Waals surface area contributed by atoms with Gasteiger partial charge in [-0.05, 0) is 46.6 Å². The van der Waals surface area contributed by atoms with E-state index < -0.39 is 0 Å². The second kappa shape index (κ2) is 6.83. The van der Waals surface area contributed by atoms with Crippen molar-refractivity contribution < 1.29 is 4.39 Å². The van der Waals surface area contributed by atoms with Gasteiger partial charge in [-0.25, -0.2) is 4.39 Å². The fourth-order valence-corrected chi connectivity index (χ4v) is 2.39. The summed E-state index contributed by atoms with van der Waals surface area (Å²) in [6.45, 7) is 1.69. The van der Waals surface area contributed by atoms with Crippen LogP contribution in [-0.2, 0) is 13.0 Å². The van der Waals surface area contributed by atoms with Crippen molar-refractivity contribution in [2.75, 3.05) is 13.6 Å². The minimum Gasteiger partial charge on any atom is -0.302 e. The molecular formula is C16H17BrFN. The van der Waals surface area contributed by atoms with Gasteiger partial charge in [-0.1, -0.05) is 42.5 Å². The van der Waals surface area contributed by atoms with Crippen LogP contribution in [0.5, 0.6) is 0 Å². The van der Waals surface area contributed by atoms with Crippen LogP contribution in [0.25, 0.3) is 0 Å². The quantitative estimate of drug-likeness (QED) is 0.795. The van der Waals surface area contributed by atoms with Gasteiger partial charge in [0.2, 0.25) is 0 Å². The second-order valence-electron chi connectivity index (χ2n) is 4.69. The van der Waals surface area contributed by atoms with Crippen LogP contribution < -0.4 is 0 Å². The molecule has 2 aromatic carbocycles. The van der Waals surface area contributed by atoms with E-state index in [0.29, 0.717) is 4.47 Å². The first-order valence-corrected chi connectivity index (χ1v) is 7.11. The maximum Gasteiger partial charge on any atom is 0.137 e. The fraction of sp³-hybridized carbons (Fsp3) is 0.250. The van der Waals surface area contributed by atoms with Crippen molar-refractivity contribution in [1.82, 2.24) is 4.90 Å². The highest BCUT2D eigenvalue weighted by molar-refractivity contribution is 9.10. The predicted molar refractivity (Wildman–Crippen MR) is 80.6 cm³/mol. The summed E-state index contributed by atoms with van der Waals surface area (Å²) in [5.41, 5.74) is 2.31. The lowest BCUT2D eigenvalue weighted by Gasteiger charge is -2.17. The van der Waals surface area contributed by atoms with E-state index >= 15 is 0 Å². The van der Waals surface area contributed by atoms with Gasteiger partial charge in [0.05, 0.1) is 4.47 Å². The summed E-state index contributed by atoms with van der Waals surface area (Å²) in [7, 11) is 2.06. The Morgan fingerprint density at radius 2 is 1.79 bits per heavy atom. The van der Waals surface area contributed by atoms with Crippen LogP contribution in [-0.4, -0.2) is 18.5 Å². The maximum atomic E-state index is 13.4. The Morgan fingerprint density at radius 3 is 2.53 bits per heavy atom. The zero-order chi connectivity index (χ0) is 13.7. The molecule has 19 heavy (non-hydrogen) atoms. The molecule has 0 aliphatic rings. The van der Waals surface area contributed by atoms with E-state index in [-0.39, 0.29) is 5.82 Å². The molecule has 0 amide bonds. The Bertz CT molecular complexity index is 528. The first-order chi connectivity index (χ1) is 9.16. The molecule has 0 spiro atoms. The molecule has 0 fully saturated rings. The number of hydrogen-bond donors (Lipinski definition) is 0. The first-order valence-electron chi connectivity index (χ1n) is 6.32. The van der Waals surface area contributed by atoms with Gasteiger partial charge in [0, 0.05) is 13.1 Å². The summed E-state index contributed by atoms with van der Waals surface area (Å²) in [5, 5.41) is 0. The van der Waals surface area contributed by atoms with Gasteiger partial charge in [-0.3, -0.25) is 0 Å². The zero-order valence-electron chi connectivity index (χ0n) is 10.9. The van der Waals surface area contributed by atoms with E-state index in [1.165, 1.54) is 11.6 Å². The second-order valence-corrected chi connectivity index (χ2v) is 5.48. The van der Waals surface area contributed by atoms with Crippen LogP contribution in [0.15, 0.2) is 53.0 Å². The molecule has 3 heteroatoms. The Kier molecular flexibility index (Phi) is 5.11. The van der Waals surface area contributed by atoms with Crippen molar-refractivity contribution in [2.45, 2.75) is 13.0 Å². The highest BCUT2D eigenvalue weighted by Crippen LogP contribution is 2.21. The first kappa shape index (κ1) is 14.2. The molecule has 0 radical (unpaired) electrons. The van der Waals surface area contributed by atoms with E-state index in [4.69, 9.17) is 0 Å². The SMILES string of the molecule is CN(CCc1ccccc1)Cc1cccc(F)c1Br. The monoisotopic (exact) mass is 321 g/mol. The molecule has 2 aromatic rings. The third-order valence-electron chi connectivity index (χ3n) is 3.10. The van der Waals surface area contributed by atoms with Crippen molar-refractivity contribution in [2.24, 2.45) is 0 Å². The molecule has 1 nitrogen and oxygen atoms in total. The number of benzene rings is 2. The molecule has 0 heterocycles. The Balaban J connectivity index is 1.91. The average Bonchev–Trinajstić information content (AvgIpc) is 2.43. The highest BCUT2D eigenvalue weighted by atomic mass is 79.9. The number of rotatable bonds is 5. The lowest BCUT2D eigenvalue weighted by atomic mass is 10.1. The van der Waals surface area contributed by atoms with Gasteiger partial charge in [0.15, 0.2) is 0 Å². The minimum absolute atomic E-state index is 0.200. The van der Waals surface area contributed by atoms with Crippen molar-refractivity contribution >= 4 is 15.9 Å². The summed E-state index contributed by atoms with van der Waals surface area (Å²) < 4.78 is 14.0. The van der Waals surface area contributed by atoms with E-state index in [0.717, 1.165) is 25.1 Å². The predicted octanol–water partition coefficient (Wildman–Crippen LogP) is 4.26. The van der Waals surface area contributed by atoms with Crippen molar-refractivity contribution in [3.05, 3.63) is 69.9 Å². The Labute approximate surface area is 122 Å². The fourth-order valence-electron chi connectivity index (χ4n) is 2.01. The van der Waals surface area contributed by atoms with Gasteiger partial charge >= 0.3 is 0 Å². The molecule has 100 valence electrons. The molecule has 0 N–H and O–H groups in total. The molecule has 0 aliphatic carbocycles. The van der Waals surface area contributed by atoms with E-state index in [9.17, 15) is 4.39 Å². The van der Waals surface area contributed by atoms with Gasteiger partial charge in [-0.15, -0.1) is 0 Å². The average molecular weight is 322 g/mol.